The van der Waals surface area contributed by atoms with Crippen LogP contribution in [0.15, 0.2) is 6.07 Å². The number of aromatic nitrogens is 2. The predicted molar refractivity (Wildman–Crippen MR) is 113 cm³/mol. The van der Waals surface area contributed by atoms with Crippen molar-refractivity contribution in [3.63, 3.8) is 0 Å². The summed E-state index contributed by atoms with van der Waals surface area (Å²) in [6.45, 7) is 9.44. The molecule has 0 N–H and O–H groups in total. The molecule has 1 aromatic rings. The Hall–Kier alpha value is -1.85. The molecule has 1 aliphatic carbocycles. The predicted octanol–water partition coefficient (Wildman–Crippen LogP) is 3.77. The van der Waals surface area contributed by atoms with E-state index in [1.807, 2.05) is 15.6 Å². The lowest BCUT2D eigenvalue weighted by molar-refractivity contribution is -0.136. The first-order valence-electron chi connectivity index (χ1n) is 11.5. The molecule has 6 heteroatoms. The lowest BCUT2D eigenvalue weighted by atomic mass is 9.94. The van der Waals surface area contributed by atoms with Gasteiger partial charge < -0.3 is 9.80 Å². The Balaban J connectivity index is 1.41. The molecule has 29 heavy (non-hydrogen) atoms. The minimum Gasteiger partial charge on any atom is -0.342 e. The van der Waals surface area contributed by atoms with Crippen LogP contribution >= 0.6 is 0 Å². The zero-order chi connectivity index (χ0) is 20.6. The number of carbonyl (C=O) groups excluding carboxylic acids is 2. The van der Waals surface area contributed by atoms with Crippen LogP contribution in [0.5, 0.6) is 0 Å². The van der Waals surface area contributed by atoms with Gasteiger partial charge in [0.05, 0.1) is 11.2 Å². The maximum absolute atomic E-state index is 13.3. The summed E-state index contributed by atoms with van der Waals surface area (Å²) in [4.78, 5) is 30.3. The maximum Gasteiger partial charge on any atom is 0.272 e. The van der Waals surface area contributed by atoms with E-state index in [0.717, 1.165) is 44.5 Å². The number of carbonyl (C=O) groups is 2. The maximum atomic E-state index is 13.3. The molecule has 0 atom stereocenters. The van der Waals surface area contributed by atoms with Crippen molar-refractivity contribution in [3.8, 4) is 0 Å². The van der Waals surface area contributed by atoms with Crippen molar-refractivity contribution in [1.29, 1.82) is 0 Å². The van der Waals surface area contributed by atoms with Gasteiger partial charge in [-0.25, -0.2) is 0 Å². The van der Waals surface area contributed by atoms with E-state index >= 15 is 0 Å². The smallest absolute Gasteiger partial charge is 0.272 e. The van der Waals surface area contributed by atoms with E-state index in [4.69, 9.17) is 5.10 Å². The Bertz CT molecular complexity index is 743. The fraction of sp³-hybridized carbons (Fsp3) is 0.783. The second-order valence-electron chi connectivity index (χ2n) is 10.1. The Morgan fingerprint density at radius 3 is 2.07 bits per heavy atom. The van der Waals surface area contributed by atoms with E-state index in [1.165, 1.54) is 25.7 Å². The normalized spacial score (nSPS) is 21.9. The van der Waals surface area contributed by atoms with Gasteiger partial charge in [0.2, 0.25) is 5.91 Å². The molecule has 2 aliphatic heterocycles. The molecular formula is C23H36N4O2. The molecule has 1 aromatic heterocycles. The van der Waals surface area contributed by atoms with Crippen molar-refractivity contribution >= 4 is 11.8 Å². The molecule has 2 saturated heterocycles. The molecule has 2 amide bonds. The highest BCUT2D eigenvalue weighted by Crippen LogP contribution is 2.40. The van der Waals surface area contributed by atoms with Crippen molar-refractivity contribution in [2.24, 2.45) is 5.92 Å². The van der Waals surface area contributed by atoms with Crippen LogP contribution in [0, 0.1) is 5.92 Å². The van der Waals surface area contributed by atoms with Crippen LogP contribution in [0.25, 0.3) is 0 Å². The summed E-state index contributed by atoms with van der Waals surface area (Å²) in [6.07, 6.45) is 8.65. The van der Waals surface area contributed by atoms with Gasteiger partial charge in [-0.15, -0.1) is 0 Å². The fourth-order valence-electron chi connectivity index (χ4n) is 4.68. The van der Waals surface area contributed by atoms with Crippen molar-refractivity contribution in [3.05, 3.63) is 17.5 Å². The largest absolute Gasteiger partial charge is 0.342 e. The minimum atomic E-state index is -0.223. The van der Waals surface area contributed by atoms with Crippen LogP contribution in [0.3, 0.4) is 0 Å². The van der Waals surface area contributed by atoms with Crippen LogP contribution in [-0.4, -0.2) is 57.6 Å². The summed E-state index contributed by atoms with van der Waals surface area (Å²) in [7, 11) is 0. The average Bonchev–Trinajstić information content (AvgIpc) is 3.50. The van der Waals surface area contributed by atoms with Crippen LogP contribution < -0.4 is 0 Å². The molecule has 4 rings (SSSR count). The van der Waals surface area contributed by atoms with Crippen LogP contribution in [-0.2, 0) is 10.3 Å². The summed E-state index contributed by atoms with van der Waals surface area (Å²) < 4.78 is 1.91. The summed E-state index contributed by atoms with van der Waals surface area (Å²) in [5.41, 5.74) is 1.55. The summed E-state index contributed by atoms with van der Waals surface area (Å²) in [6, 6.07) is 2.01. The molecule has 160 valence electrons. The fourth-order valence-corrected chi connectivity index (χ4v) is 4.68. The van der Waals surface area contributed by atoms with Crippen LogP contribution in [0.4, 0.5) is 0 Å². The highest BCUT2D eigenvalue weighted by Gasteiger charge is 2.35. The minimum absolute atomic E-state index is 0.0694. The standard InChI is InChI=1S/C23H36N4O2/c1-23(2,3)27-20(16-19(24-27)17-8-9-17)22(29)26-14-10-18(11-15-26)21(28)25-12-6-4-5-7-13-25/h16-18H,4-15H2,1-3H3. The molecule has 6 nitrogen and oxygen atoms in total. The molecule has 0 spiro atoms. The molecule has 3 fully saturated rings. The third kappa shape index (κ3) is 4.51. The number of nitrogens with zero attached hydrogens (tertiary/aromatic N) is 4. The molecule has 1 saturated carbocycles. The number of rotatable bonds is 3. The Labute approximate surface area is 174 Å². The summed E-state index contributed by atoms with van der Waals surface area (Å²) in [5, 5.41) is 4.78. The van der Waals surface area contributed by atoms with Crippen LogP contribution in [0.2, 0.25) is 0 Å². The second kappa shape index (κ2) is 8.11. The Morgan fingerprint density at radius 1 is 0.897 bits per heavy atom. The third-order valence-electron chi connectivity index (χ3n) is 6.63. The van der Waals surface area contributed by atoms with Crippen LogP contribution in [0.1, 0.15) is 94.2 Å². The van der Waals surface area contributed by atoms with Gasteiger partial charge in [-0.1, -0.05) is 12.8 Å². The van der Waals surface area contributed by atoms with E-state index in [-0.39, 0.29) is 17.4 Å². The van der Waals surface area contributed by atoms with Gasteiger partial charge in [0.15, 0.2) is 0 Å². The average molecular weight is 401 g/mol. The second-order valence-corrected chi connectivity index (χ2v) is 10.1. The monoisotopic (exact) mass is 400 g/mol. The van der Waals surface area contributed by atoms with Crippen molar-refractivity contribution in [2.45, 2.75) is 83.6 Å². The van der Waals surface area contributed by atoms with Gasteiger partial charge in [0.1, 0.15) is 5.69 Å². The molecule has 0 aromatic carbocycles. The highest BCUT2D eigenvalue weighted by molar-refractivity contribution is 5.93. The Morgan fingerprint density at radius 2 is 1.52 bits per heavy atom. The number of hydrogen-bond acceptors (Lipinski definition) is 3. The van der Waals surface area contributed by atoms with Gasteiger partial charge in [-0.05, 0) is 65.4 Å². The lowest BCUT2D eigenvalue weighted by Gasteiger charge is -2.34. The van der Waals surface area contributed by atoms with Crippen molar-refractivity contribution in [2.75, 3.05) is 26.2 Å². The zero-order valence-electron chi connectivity index (χ0n) is 18.3. The third-order valence-corrected chi connectivity index (χ3v) is 6.63. The Kier molecular flexibility index (Phi) is 5.71. The molecule has 3 aliphatic rings. The highest BCUT2D eigenvalue weighted by atomic mass is 16.2. The topological polar surface area (TPSA) is 58.4 Å². The van der Waals surface area contributed by atoms with E-state index < -0.39 is 0 Å². The van der Waals surface area contributed by atoms with E-state index in [0.29, 0.717) is 30.6 Å². The first kappa shape index (κ1) is 20.4. The van der Waals surface area contributed by atoms with E-state index in [1.54, 1.807) is 0 Å². The zero-order valence-corrected chi connectivity index (χ0v) is 18.3. The molecule has 0 bridgehead atoms. The number of likely N-dealkylation sites (tertiary alicyclic amines) is 2. The van der Waals surface area contributed by atoms with Gasteiger partial charge in [-0.2, -0.15) is 5.10 Å². The summed E-state index contributed by atoms with van der Waals surface area (Å²) in [5.74, 6) is 0.989. The van der Waals surface area contributed by atoms with Crippen molar-refractivity contribution in [1.82, 2.24) is 19.6 Å². The van der Waals surface area contributed by atoms with Gasteiger partial charge in [0.25, 0.3) is 5.91 Å². The van der Waals surface area contributed by atoms with Gasteiger partial charge in [0, 0.05) is 38.0 Å². The molecule has 3 heterocycles. The SMILES string of the molecule is CC(C)(C)n1nc(C2CC2)cc1C(=O)N1CCC(C(=O)N2CCCCCC2)CC1. The summed E-state index contributed by atoms with van der Waals surface area (Å²) >= 11 is 0. The van der Waals surface area contributed by atoms with Crippen molar-refractivity contribution < 1.29 is 9.59 Å². The first-order chi connectivity index (χ1) is 13.8. The van der Waals surface area contributed by atoms with E-state index in [9.17, 15) is 9.59 Å². The number of piperidine rings is 1. The van der Waals surface area contributed by atoms with Gasteiger partial charge in [-0.3, -0.25) is 14.3 Å². The van der Waals surface area contributed by atoms with Gasteiger partial charge >= 0.3 is 0 Å². The lowest BCUT2D eigenvalue weighted by Crippen LogP contribution is -2.45. The first-order valence-corrected chi connectivity index (χ1v) is 11.5. The molecule has 0 radical (unpaired) electrons. The molecule has 0 unspecified atom stereocenters. The number of amides is 2. The number of hydrogen-bond donors (Lipinski definition) is 0. The van der Waals surface area contributed by atoms with E-state index in [2.05, 4.69) is 25.7 Å². The quantitative estimate of drug-likeness (QED) is 0.776. The molecular weight excluding hydrogens is 364 g/mol.